The fourth-order valence-electron chi connectivity index (χ4n) is 0.990. The molecule has 0 radical (unpaired) electrons. The average molecular weight is 289 g/mol. The molecule has 0 fully saturated rings. The lowest BCUT2D eigenvalue weighted by molar-refractivity contribution is -0.122. The summed E-state index contributed by atoms with van der Waals surface area (Å²) in [5, 5.41) is 4.88. The van der Waals surface area contributed by atoms with Gasteiger partial charge in [0.1, 0.15) is 5.82 Å². The maximum atomic E-state index is 12.7. The number of carbonyl (C=O) groups is 2. The van der Waals surface area contributed by atoms with Crippen LogP contribution in [0.2, 0.25) is 0 Å². The zero-order valence-corrected chi connectivity index (χ0v) is 10.1. The van der Waals surface area contributed by atoms with E-state index in [0.717, 1.165) is 0 Å². The van der Waals surface area contributed by atoms with Crippen molar-refractivity contribution >= 4 is 33.4 Å². The highest BCUT2D eigenvalue weighted by atomic mass is 79.9. The Morgan fingerprint density at radius 1 is 1.44 bits per heavy atom. The van der Waals surface area contributed by atoms with Gasteiger partial charge in [-0.25, -0.2) is 4.39 Å². The largest absolute Gasteiger partial charge is 0.347 e. The van der Waals surface area contributed by atoms with Crippen LogP contribution in [-0.2, 0) is 9.59 Å². The zero-order chi connectivity index (χ0) is 12.1. The number of carbonyl (C=O) groups excluding carboxylic acids is 2. The average Bonchev–Trinajstić information content (AvgIpc) is 2.19. The highest BCUT2D eigenvalue weighted by Crippen LogP contribution is 2.22. The summed E-state index contributed by atoms with van der Waals surface area (Å²) in [5.41, 5.74) is 0.455. The van der Waals surface area contributed by atoms with E-state index in [9.17, 15) is 14.0 Å². The number of halogens is 2. The monoisotopic (exact) mass is 288 g/mol. The highest BCUT2D eigenvalue weighted by Gasteiger charge is 2.06. The summed E-state index contributed by atoms with van der Waals surface area (Å²) in [4.78, 5) is 21.9. The molecular weight excluding hydrogens is 279 g/mol. The molecule has 0 saturated carbocycles. The first-order chi connectivity index (χ1) is 7.49. The number of hydrogen-bond acceptors (Lipinski definition) is 2. The normalized spacial score (nSPS) is 9.69. The van der Waals surface area contributed by atoms with Gasteiger partial charge in [0, 0.05) is 11.4 Å². The molecule has 1 aromatic rings. The van der Waals surface area contributed by atoms with E-state index in [4.69, 9.17) is 0 Å². The Morgan fingerprint density at radius 3 is 2.69 bits per heavy atom. The van der Waals surface area contributed by atoms with Crippen LogP contribution in [0.3, 0.4) is 0 Å². The Balaban J connectivity index is 2.59. The van der Waals surface area contributed by atoms with E-state index >= 15 is 0 Å². The molecule has 0 aromatic heterocycles. The Hall–Kier alpha value is -1.43. The van der Waals surface area contributed by atoms with Crippen LogP contribution in [0.1, 0.15) is 6.92 Å². The van der Waals surface area contributed by atoms with Crippen molar-refractivity contribution in [3.8, 4) is 0 Å². The molecule has 0 unspecified atom stereocenters. The summed E-state index contributed by atoms with van der Waals surface area (Å²) in [6, 6.07) is 3.91. The van der Waals surface area contributed by atoms with Gasteiger partial charge in [0.15, 0.2) is 0 Å². The van der Waals surface area contributed by atoms with Crippen molar-refractivity contribution in [3.63, 3.8) is 0 Å². The summed E-state index contributed by atoms with van der Waals surface area (Å²) in [6.07, 6.45) is 0. The predicted octanol–water partition coefficient (Wildman–Crippen LogP) is 1.66. The molecule has 6 heteroatoms. The molecule has 0 saturated heterocycles. The summed E-state index contributed by atoms with van der Waals surface area (Å²) in [5.74, 6) is -1.05. The van der Waals surface area contributed by atoms with Crippen molar-refractivity contribution in [2.45, 2.75) is 6.92 Å². The molecule has 0 aliphatic carbocycles. The van der Waals surface area contributed by atoms with Crippen LogP contribution >= 0.6 is 15.9 Å². The van der Waals surface area contributed by atoms with Crippen LogP contribution in [0.15, 0.2) is 22.7 Å². The number of rotatable bonds is 3. The topological polar surface area (TPSA) is 58.2 Å². The first-order valence-corrected chi connectivity index (χ1v) is 5.27. The molecule has 2 amide bonds. The number of amides is 2. The molecule has 1 rings (SSSR count). The maximum absolute atomic E-state index is 12.7. The fourth-order valence-corrected chi connectivity index (χ4v) is 1.44. The number of benzene rings is 1. The zero-order valence-electron chi connectivity index (χ0n) is 8.51. The minimum Gasteiger partial charge on any atom is -0.347 e. The first-order valence-electron chi connectivity index (χ1n) is 4.48. The number of anilines is 1. The Kier molecular flexibility index (Phi) is 4.42. The van der Waals surface area contributed by atoms with Crippen LogP contribution in [-0.4, -0.2) is 18.4 Å². The lowest BCUT2D eigenvalue weighted by atomic mass is 10.3. The molecule has 0 heterocycles. The van der Waals surface area contributed by atoms with Gasteiger partial charge in [-0.05, 0) is 34.1 Å². The van der Waals surface area contributed by atoms with Gasteiger partial charge in [-0.1, -0.05) is 0 Å². The van der Waals surface area contributed by atoms with Crippen molar-refractivity contribution in [2.75, 3.05) is 11.9 Å². The maximum Gasteiger partial charge on any atom is 0.243 e. The van der Waals surface area contributed by atoms with Crippen molar-refractivity contribution in [1.82, 2.24) is 5.32 Å². The Labute approximate surface area is 100 Å². The summed E-state index contributed by atoms with van der Waals surface area (Å²) >= 11 is 3.11. The van der Waals surface area contributed by atoms with Crippen molar-refractivity contribution < 1.29 is 14.0 Å². The fraction of sp³-hybridized carbons (Fsp3) is 0.200. The molecule has 2 N–H and O–H groups in total. The van der Waals surface area contributed by atoms with E-state index in [1.807, 2.05) is 0 Å². The minimum absolute atomic E-state index is 0.112. The van der Waals surface area contributed by atoms with Gasteiger partial charge in [-0.15, -0.1) is 0 Å². The molecule has 0 aliphatic rings. The van der Waals surface area contributed by atoms with Crippen LogP contribution < -0.4 is 10.6 Å². The highest BCUT2D eigenvalue weighted by molar-refractivity contribution is 9.10. The summed E-state index contributed by atoms with van der Waals surface area (Å²) < 4.78 is 13.2. The van der Waals surface area contributed by atoms with E-state index in [1.54, 1.807) is 0 Å². The molecule has 0 atom stereocenters. The van der Waals surface area contributed by atoms with E-state index < -0.39 is 5.82 Å². The smallest absolute Gasteiger partial charge is 0.243 e. The van der Waals surface area contributed by atoms with Gasteiger partial charge >= 0.3 is 0 Å². The quantitative estimate of drug-likeness (QED) is 0.889. The Bertz CT molecular complexity index is 423. The van der Waals surface area contributed by atoms with E-state index in [0.29, 0.717) is 10.2 Å². The lowest BCUT2D eigenvalue weighted by Crippen LogP contribution is -2.31. The molecule has 0 bridgehead atoms. The van der Waals surface area contributed by atoms with E-state index in [1.165, 1.54) is 25.1 Å². The van der Waals surface area contributed by atoms with Crippen LogP contribution in [0, 0.1) is 5.82 Å². The van der Waals surface area contributed by atoms with Crippen molar-refractivity contribution in [2.24, 2.45) is 0 Å². The second kappa shape index (κ2) is 5.60. The standard InChI is InChI=1S/C10H10BrFN2O2/c1-6(15)13-5-10(16)14-9-3-2-7(12)4-8(9)11/h2-4H,5H2,1H3,(H,13,15)(H,14,16). The van der Waals surface area contributed by atoms with Gasteiger partial charge in [-0.2, -0.15) is 0 Å². The van der Waals surface area contributed by atoms with E-state index in [-0.39, 0.29) is 18.4 Å². The van der Waals surface area contributed by atoms with Crippen LogP contribution in [0.25, 0.3) is 0 Å². The second-order valence-electron chi connectivity index (χ2n) is 3.08. The molecule has 86 valence electrons. The van der Waals surface area contributed by atoms with Crippen molar-refractivity contribution in [3.05, 3.63) is 28.5 Å². The molecule has 0 aliphatic heterocycles. The second-order valence-corrected chi connectivity index (χ2v) is 3.94. The summed E-state index contributed by atoms with van der Waals surface area (Å²) in [6.45, 7) is 1.21. The third-order valence-corrected chi connectivity index (χ3v) is 2.36. The molecule has 1 aromatic carbocycles. The molecule has 4 nitrogen and oxygen atoms in total. The third kappa shape index (κ3) is 3.98. The van der Waals surface area contributed by atoms with Gasteiger partial charge in [0.2, 0.25) is 11.8 Å². The molecule has 16 heavy (non-hydrogen) atoms. The van der Waals surface area contributed by atoms with Crippen LogP contribution in [0.4, 0.5) is 10.1 Å². The van der Waals surface area contributed by atoms with Crippen molar-refractivity contribution in [1.29, 1.82) is 0 Å². The van der Waals surface area contributed by atoms with Gasteiger partial charge < -0.3 is 10.6 Å². The third-order valence-electron chi connectivity index (χ3n) is 1.70. The SMILES string of the molecule is CC(=O)NCC(=O)Nc1ccc(F)cc1Br. The van der Waals surface area contributed by atoms with Gasteiger partial charge in [0.05, 0.1) is 12.2 Å². The predicted molar refractivity (Wildman–Crippen MR) is 61.4 cm³/mol. The lowest BCUT2D eigenvalue weighted by Gasteiger charge is -2.07. The minimum atomic E-state index is -0.397. The van der Waals surface area contributed by atoms with Gasteiger partial charge in [0.25, 0.3) is 0 Å². The first kappa shape index (κ1) is 12.6. The summed E-state index contributed by atoms with van der Waals surface area (Å²) in [7, 11) is 0. The molecular formula is C10H10BrFN2O2. The van der Waals surface area contributed by atoms with Gasteiger partial charge in [-0.3, -0.25) is 9.59 Å². The van der Waals surface area contributed by atoms with Crippen LogP contribution in [0.5, 0.6) is 0 Å². The molecule has 0 spiro atoms. The Morgan fingerprint density at radius 2 is 2.12 bits per heavy atom. The van der Waals surface area contributed by atoms with E-state index in [2.05, 4.69) is 26.6 Å². The number of hydrogen-bond donors (Lipinski definition) is 2. The number of nitrogens with one attached hydrogen (secondary N) is 2.